The Kier molecular flexibility index (Phi) is 5.85. The summed E-state index contributed by atoms with van der Waals surface area (Å²) in [5.41, 5.74) is 0. The van der Waals surface area contributed by atoms with E-state index in [4.69, 9.17) is 5.11 Å². The van der Waals surface area contributed by atoms with Gasteiger partial charge in [-0.1, -0.05) is 0 Å². The molecule has 3 N–H and O–H groups in total. The lowest BCUT2D eigenvalue weighted by atomic mass is 9.98. The number of aliphatic hydroxyl groups is 1. The highest BCUT2D eigenvalue weighted by Gasteiger charge is 2.23. The molecule has 0 saturated carbocycles. The van der Waals surface area contributed by atoms with Gasteiger partial charge in [0, 0.05) is 26.1 Å². The number of piperidine rings is 1. The van der Waals surface area contributed by atoms with Crippen LogP contribution in [0.4, 0.5) is 0 Å². The van der Waals surface area contributed by atoms with Crippen LogP contribution < -0.4 is 10.6 Å². The maximum Gasteiger partial charge on any atom is 0.224 e. The molecule has 1 rings (SSSR count). The first kappa shape index (κ1) is 13.0. The zero-order valence-corrected chi connectivity index (χ0v) is 9.50. The van der Waals surface area contributed by atoms with Gasteiger partial charge in [-0.15, -0.1) is 0 Å². The number of rotatable bonds is 6. The average molecular weight is 228 g/mol. The molecular weight excluding hydrogens is 208 g/mol. The van der Waals surface area contributed by atoms with Crippen LogP contribution in [0.2, 0.25) is 0 Å². The Hall–Kier alpha value is -1.10. The van der Waals surface area contributed by atoms with Crippen molar-refractivity contribution in [3.63, 3.8) is 0 Å². The molecule has 0 radical (unpaired) electrons. The van der Waals surface area contributed by atoms with E-state index in [9.17, 15) is 9.59 Å². The van der Waals surface area contributed by atoms with Crippen molar-refractivity contribution in [3.05, 3.63) is 0 Å². The number of aliphatic hydroxyl groups excluding tert-OH is 1. The summed E-state index contributed by atoms with van der Waals surface area (Å²) in [6, 6.07) is 0. The molecule has 0 aromatic heterocycles. The Morgan fingerprint density at radius 2 is 2.25 bits per heavy atom. The molecule has 1 saturated heterocycles. The van der Waals surface area contributed by atoms with E-state index in [1.807, 2.05) is 0 Å². The molecule has 5 heteroatoms. The van der Waals surface area contributed by atoms with Crippen LogP contribution in [0.1, 0.15) is 32.1 Å². The molecule has 1 fully saturated rings. The molecule has 1 unspecified atom stereocenters. The molecule has 92 valence electrons. The molecule has 0 aromatic rings. The number of unbranched alkanes of at least 4 members (excludes halogenated alkanes) is 2. The second-order valence-corrected chi connectivity index (χ2v) is 4.11. The number of hydrogen-bond acceptors (Lipinski definition) is 3. The Labute approximate surface area is 95.6 Å². The minimum atomic E-state index is -0.0736. The van der Waals surface area contributed by atoms with Gasteiger partial charge in [0.25, 0.3) is 0 Å². The summed E-state index contributed by atoms with van der Waals surface area (Å²) in [5.74, 6) is -0.00784. The molecule has 16 heavy (non-hydrogen) atoms. The topological polar surface area (TPSA) is 78.4 Å². The number of carbonyl (C=O) groups excluding carboxylic acids is 2. The first-order chi connectivity index (χ1) is 7.74. The fourth-order valence-corrected chi connectivity index (χ4v) is 1.73. The van der Waals surface area contributed by atoms with E-state index in [0.29, 0.717) is 25.9 Å². The Morgan fingerprint density at radius 1 is 1.44 bits per heavy atom. The summed E-state index contributed by atoms with van der Waals surface area (Å²) in [7, 11) is 0. The number of amides is 2. The predicted octanol–water partition coefficient (Wildman–Crippen LogP) is -0.209. The second kappa shape index (κ2) is 7.22. The Balaban J connectivity index is 2.08. The van der Waals surface area contributed by atoms with Crippen molar-refractivity contribution < 1.29 is 14.7 Å². The molecule has 5 nitrogen and oxygen atoms in total. The standard InChI is InChI=1S/C11H20N2O3/c14-7-3-1-2-6-12-11(16)9-4-5-10(15)13-8-9/h9,14H,1-8H2,(H,12,16)(H,13,15). The predicted molar refractivity (Wildman–Crippen MR) is 59.7 cm³/mol. The lowest BCUT2D eigenvalue weighted by molar-refractivity contribution is -0.128. The van der Waals surface area contributed by atoms with E-state index in [-0.39, 0.29) is 24.3 Å². The van der Waals surface area contributed by atoms with Crippen molar-refractivity contribution in [2.45, 2.75) is 32.1 Å². The third-order valence-electron chi connectivity index (χ3n) is 2.77. The van der Waals surface area contributed by atoms with Gasteiger partial charge in [0.15, 0.2) is 0 Å². The molecule has 2 amide bonds. The fourth-order valence-electron chi connectivity index (χ4n) is 1.73. The normalized spacial score (nSPS) is 20.3. The quantitative estimate of drug-likeness (QED) is 0.550. The van der Waals surface area contributed by atoms with Crippen LogP contribution in [0.15, 0.2) is 0 Å². The van der Waals surface area contributed by atoms with Gasteiger partial charge in [0.1, 0.15) is 0 Å². The first-order valence-electron chi connectivity index (χ1n) is 5.89. The largest absolute Gasteiger partial charge is 0.396 e. The van der Waals surface area contributed by atoms with Gasteiger partial charge in [0.2, 0.25) is 11.8 Å². The highest BCUT2D eigenvalue weighted by atomic mass is 16.3. The van der Waals surface area contributed by atoms with Crippen molar-refractivity contribution in [2.24, 2.45) is 5.92 Å². The monoisotopic (exact) mass is 228 g/mol. The van der Waals surface area contributed by atoms with Crippen LogP contribution in [0.5, 0.6) is 0 Å². The summed E-state index contributed by atoms with van der Waals surface area (Å²) in [6.45, 7) is 1.33. The summed E-state index contributed by atoms with van der Waals surface area (Å²) in [5, 5.41) is 14.1. The van der Waals surface area contributed by atoms with Gasteiger partial charge >= 0.3 is 0 Å². The van der Waals surface area contributed by atoms with Crippen molar-refractivity contribution in [3.8, 4) is 0 Å². The number of nitrogens with one attached hydrogen (secondary N) is 2. The van der Waals surface area contributed by atoms with Crippen LogP contribution in [-0.4, -0.2) is 36.6 Å². The molecule has 0 bridgehead atoms. The van der Waals surface area contributed by atoms with Crippen LogP contribution in [0, 0.1) is 5.92 Å². The van der Waals surface area contributed by atoms with E-state index in [1.165, 1.54) is 0 Å². The van der Waals surface area contributed by atoms with Crippen LogP contribution in [0.25, 0.3) is 0 Å². The SMILES string of the molecule is O=C1CCC(C(=O)NCCCCCO)CN1. The van der Waals surface area contributed by atoms with Crippen LogP contribution in [0.3, 0.4) is 0 Å². The Bertz CT molecular complexity index is 233. The van der Waals surface area contributed by atoms with E-state index < -0.39 is 0 Å². The van der Waals surface area contributed by atoms with Gasteiger partial charge in [0.05, 0.1) is 5.92 Å². The van der Waals surface area contributed by atoms with E-state index in [1.54, 1.807) is 0 Å². The zero-order valence-electron chi connectivity index (χ0n) is 9.50. The fraction of sp³-hybridized carbons (Fsp3) is 0.818. The van der Waals surface area contributed by atoms with E-state index in [0.717, 1.165) is 19.3 Å². The molecule has 0 spiro atoms. The molecule has 1 aliphatic heterocycles. The number of hydrogen-bond donors (Lipinski definition) is 3. The third kappa shape index (κ3) is 4.61. The third-order valence-corrected chi connectivity index (χ3v) is 2.77. The van der Waals surface area contributed by atoms with Gasteiger partial charge in [-0.2, -0.15) is 0 Å². The lowest BCUT2D eigenvalue weighted by Gasteiger charge is -2.21. The van der Waals surface area contributed by atoms with Gasteiger partial charge in [-0.25, -0.2) is 0 Å². The van der Waals surface area contributed by atoms with Crippen molar-refractivity contribution in [1.82, 2.24) is 10.6 Å². The molecular formula is C11H20N2O3. The van der Waals surface area contributed by atoms with Crippen molar-refractivity contribution >= 4 is 11.8 Å². The summed E-state index contributed by atoms with van der Waals surface area (Å²) < 4.78 is 0. The smallest absolute Gasteiger partial charge is 0.224 e. The summed E-state index contributed by atoms with van der Waals surface area (Å²) >= 11 is 0. The molecule has 0 aliphatic carbocycles. The lowest BCUT2D eigenvalue weighted by Crippen LogP contribution is -2.43. The maximum absolute atomic E-state index is 11.6. The minimum absolute atomic E-state index is 0.0315. The van der Waals surface area contributed by atoms with Gasteiger partial charge < -0.3 is 15.7 Å². The van der Waals surface area contributed by atoms with Gasteiger partial charge in [-0.3, -0.25) is 9.59 Å². The molecule has 0 aromatic carbocycles. The molecule has 1 atom stereocenters. The summed E-state index contributed by atoms with van der Waals surface area (Å²) in [4.78, 5) is 22.5. The minimum Gasteiger partial charge on any atom is -0.396 e. The molecule has 1 aliphatic rings. The number of carbonyl (C=O) groups is 2. The maximum atomic E-state index is 11.6. The van der Waals surface area contributed by atoms with Crippen molar-refractivity contribution in [1.29, 1.82) is 0 Å². The van der Waals surface area contributed by atoms with Crippen molar-refractivity contribution in [2.75, 3.05) is 19.7 Å². The highest BCUT2D eigenvalue weighted by Crippen LogP contribution is 2.10. The van der Waals surface area contributed by atoms with E-state index in [2.05, 4.69) is 10.6 Å². The molecule has 1 heterocycles. The first-order valence-corrected chi connectivity index (χ1v) is 5.89. The van der Waals surface area contributed by atoms with E-state index >= 15 is 0 Å². The summed E-state index contributed by atoms with van der Waals surface area (Å²) in [6.07, 6.45) is 3.70. The van der Waals surface area contributed by atoms with Gasteiger partial charge in [-0.05, 0) is 25.7 Å². The average Bonchev–Trinajstić information content (AvgIpc) is 2.29. The van der Waals surface area contributed by atoms with Crippen LogP contribution >= 0.6 is 0 Å². The zero-order chi connectivity index (χ0) is 11.8. The Morgan fingerprint density at radius 3 is 2.88 bits per heavy atom. The second-order valence-electron chi connectivity index (χ2n) is 4.11. The highest BCUT2D eigenvalue weighted by molar-refractivity contribution is 5.83. The van der Waals surface area contributed by atoms with Crippen LogP contribution in [-0.2, 0) is 9.59 Å².